The molecule has 1 aliphatic heterocycles. The summed E-state index contributed by atoms with van der Waals surface area (Å²) < 4.78 is 31.1. The number of nitrogens with zero attached hydrogens (tertiary/aromatic N) is 3. The van der Waals surface area contributed by atoms with E-state index in [9.17, 15) is 18.4 Å². The number of carbonyl (C=O) groups is 2. The maximum Gasteiger partial charge on any atom is 0.387 e. The van der Waals surface area contributed by atoms with Crippen molar-refractivity contribution in [2.45, 2.75) is 26.0 Å². The van der Waals surface area contributed by atoms with Gasteiger partial charge in [0.05, 0.1) is 18.7 Å². The lowest BCUT2D eigenvalue weighted by atomic mass is 10.0. The second-order valence-corrected chi connectivity index (χ2v) is 5.93. The molecule has 1 aromatic heterocycles. The molecule has 1 aliphatic rings. The molecule has 8 heteroatoms. The maximum absolute atomic E-state index is 12.6. The van der Waals surface area contributed by atoms with Crippen molar-refractivity contribution in [2.75, 3.05) is 0 Å². The van der Waals surface area contributed by atoms with Gasteiger partial charge in [0.2, 0.25) is 11.8 Å². The van der Waals surface area contributed by atoms with Crippen LogP contribution in [-0.2, 0) is 29.6 Å². The van der Waals surface area contributed by atoms with Crippen molar-refractivity contribution in [1.29, 1.82) is 0 Å². The van der Waals surface area contributed by atoms with Gasteiger partial charge in [0.15, 0.2) is 0 Å². The van der Waals surface area contributed by atoms with Gasteiger partial charge < -0.3 is 4.74 Å². The van der Waals surface area contributed by atoms with Gasteiger partial charge in [-0.1, -0.05) is 18.2 Å². The van der Waals surface area contributed by atoms with E-state index in [2.05, 4.69) is 9.84 Å². The van der Waals surface area contributed by atoms with Gasteiger partial charge in [-0.25, -0.2) is 0 Å². The average Bonchev–Trinajstić information content (AvgIpc) is 3.07. The van der Waals surface area contributed by atoms with Crippen LogP contribution in [0.5, 0.6) is 5.75 Å². The Labute approximate surface area is 143 Å². The Morgan fingerprint density at radius 1 is 1.32 bits per heavy atom. The van der Waals surface area contributed by atoms with Gasteiger partial charge in [0.1, 0.15) is 5.75 Å². The summed E-state index contributed by atoms with van der Waals surface area (Å²) in [6, 6.07) is 6.15. The van der Waals surface area contributed by atoms with Crippen molar-refractivity contribution in [3.8, 4) is 5.75 Å². The Bertz CT molecular complexity index is 791. The molecule has 1 atom stereocenters. The molecule has 132 valence electrons. The van der Waals surface area contributed by atoms with Crippen molar-refractivity contribution in [1.82, 2.24) is 14.7 Å². The highest BCUT2D eigenvalue weighted by atomic mass is 19.3. The van der Waals surface area contributed by atoms with Crippen LogP contribution < -0.4 is 4.74 Å². The second-order valence-electron chi connectivity index (χ2n) is 5.93. The van der Waals surface area contributed by atoms with E-state index in [0.29, 0.717) is 12.0 Å². The fourth-order valence-corrected chi connectivity index (χ4v) is 2.95. The number of benzene rings is 1. The van der Waals surface area contributed by atoms with Crippen molar-refractivity contribution in [2.24, 2.45) is 13.0 Å². The number of aromatic nitrogens is 2. The number of imide groups is 1. The summed E-state index contributed by atoms with van der Waals surface area (Å²) in [7, 11) is 1.78. The number of aryl methyl sites for hydroxylation is 1. The van der Waals surface area contributed by atoms with Gasteiger partial charge in [-0.05, 0) is 18.1 Å². The Kier molecular flexibility index (Phi) is 4.78. The summed E-state index contributed by atoms with van der Waals surface area (Å²) in [5.41, 5.74) is 1.24. The monoisotopic (exact) mass is 349 g/mol. The number of alkyl halides is 2. The molecule has 2 aromatic rings. The summed E-state index contributed by atoms with van der Waals surface area (Å²) in [5.74, 6) is -1.11. The lowest BCUT2D eigenvalue weighted by Crippen LogP contribution is -2.30. The zero-order chi connectivity index (χ0) is 18.0. The van der Waals surface area contributed by atoms with Crippen LogP contribution in [0.25, 0.3) is 0 Å². The minimum Gasteiger partial charge on any atom is -0.434 e. The van der Waals surface area contributed by atoms with Crippen molar-refractivity contribution < 1.29 is 23.1 Å². The number of carbonyl (C=O) groups excluding carboxylic acids is 2. The van der Waals surface area contributed by atoms with E-state index < -0.39 is 12.5 Å². The number of hydrogen-bond donors (Lipinski definition) is 0. The lowest BCUT2D eigenvalue weighted by Gasteiger charge is -2.17. The predicted octanol–water partition coefficient (Wildman–Crippen LogP) is 2.14. The molecule has 25 heavy (non-hydrogen) atoms. The lowest BCUT2D eigenvalue weighted by molar-refractivity contribution is -0.140. The zero-order valence-corrected chi connectivity index (χ0v) is 13.6. The molecule has 2 amide bonds. The van der Waals surface area contributed by atoms with Crippen molar-refractivity contribution >= 4 is 11.8 Å². The normalized spacial score (nSPS) is 17.6. The number of rotatable bonds is 6. The predicted molar refractivity (Wildman–Crippen MR) is 83.7 cm³/mol. The molecule has 0 N–H and O–H groups in total. The highest BCUT2D eigenvalue weighted by Gasteiger charge is 2.38. The quantitative estimate of drug-likeness (QED) is 0.750. The third-order valence-corrected chi connectivity index (χ3v) is 4.09. The van der Waals surface area contributed by atoms with Crippen LogP contribution in [0.3, 0.4) is 0 Å². The van der Waals surface area contributed by atoms with E-state index >= 15 is 0 Å². The van der Waals surface area contributed by atoms with Gasteiger partial charge in [-0.2, -0.15) is 13.9 Å². The summed E-state index contributed by atoms with van der Waals surface area (Å²) in [5, 5.41) is 4.05. The van der Waals surface area contributed by atoms with Crippen LogP contribution in [0, 0.1) is 5.92 Å². The molecule has 0 saturated carbocycles. The fraction of sp³-hybridized carbons (Fsp3) is 0.353. The van der Waals surface area contributed by atoms with Gasteiger partial charge in [-0.3, -0.25) is 19.2 Å². The molecule has 1 fully saturated rings. The Balaban J connectivity index is 1.73. The topological polar surface area (TPSA) is 64.4 Å². The minimum atomic E-state index is -2.97. The molecule has 3 rings (SSSR count). The Hall–Kier alpha value is -2.77. The molecule has 0 radical (unpaired) electrons. The van der Waals surface area contributed by atoms with E-state index in [1.807, 2.05) is 0 Å². The van der Waals surface area contributed by atoms with Crippen LogP contribution in [0.15, 0.2) is 36.7 Å². The zero-order valence-electron chi connectivity index (χ0n) is 13.6. The molecule has 1 aromatic carbocycles. The fourth-order valence-electron chi connectivity index (χ4n) is 2.95. The van der Waals surface area contributed by atoms with E-state index in [0.717, 1.165) is 10.5 Å². The second kappa shape index (κ2) is 7.00. The van der Waals surface area contributed by atoms with E-state index in [4.69, 9.17) is 0 Å². The number of amides is 2. The van der Waals surface area contributed by atoms with E-state index in [1.54, 1.807) is 42.3 Å². The number of hydrogen-bond acceptors (Lipinski definition) is 4. The van der Waals surface area contributed by atoms with Crippen LogP contribution >= 0.6 is 0 Å². The number of ether oxygens (including phenoxy) is 1. The number of para-hydroxylation sites is 1. The maximum atomic E-state index is 12.6. The first-order valence-corrected chi connectivity index (χ1v) is 7.78. The van der Waals surface area contributed by atoms with Gasteiger partial charge in [0, 0.05) is 25.2 Å². The Morgan fingerprint density at radius 2 is 2.08 bits per heavy atom. The van der Waals surface area contributed by atoms with Crippen molar-refractivity contribution in [3.05, 3.63) is 47.8 Å². The first-order chi connectivity index (χ1) is 11.9. The minimum absolute atomic E-state index is 0.0335. The van der Waals surface area contributed by atoms with Gasteiger partial charge >= 0.3 is 6.61 Å². The molecule has 0 bridgehead atoms. The Morgan fingerprint density at radius 3 is 2.76 bits per heavy atom. The molecular formula is C17H17F2N3O3. The SMILES string of the molecule is Cn1cc(CC2CC(=O)N(Cc3ccccc3OC(F)F)C2=O)cn1. The third-order valence-electron chi connectivity index (χ3n) is 4.09. The summed E-state index contributed by atoms with van der Waals surface area (Å²) >= 11 is 0. The molecule has 6 nitrogen and oxygen atoms in total. The van der Waals surface area contributed by atoms with Gasteiger partial charge in [-0.15, -0.1) is 0 Å². The largest absolute Gasteiger partial charge is 0.434 e. The molecule has 1 saturated heterocycles. The van der Waals surface area contributed by atoms with Crippen LogP contribution in [-0.4, -0.2) is 33.1 Å². The highest BCUT2D eigenvalue weighted by molar-refractivity contribution is 6.03. The number of halogens is 2. The van der Waals surface area contributed by atoms with Crippen LogP contribution in [0.1, 0.15) is 17.5 Å². The molecule has 0 aliphatic carbocycles. The van der Waals surface area contributed by atoms with Crippen LogP contribution in [0.4, 0.5) is 8.78 Å². The standard InChI is InChI=1S/C17H17F2N3O3/c1-21-9-11(8-20-21)6-13-7-15(23)22(16(13)24)10-12-4-2-3-5-14(12)25-17(18)19/h2-5,8-9,13,17H,6-7,10H2,1H3. The first kappa shape index (κ1) is 17.1. The summed E-state index contributed by atoms with van der Waals surface area (Å²) in [4.78, 5) is 25.9. The van der Waals surface area contributed by atoms with Crippen molar-refractivity contribution in [3.63, 3.8) is 0 Å². The van der Waals surface area contributed by atoms with Gasteiger partial charge in [0.25, 0.3) is 0 Å². The average molecular weight is 349 g/mol. The third kappa shape index (κ3) is 3.84. The first-order valence-electron chi connectivity index (χ1n) is 7.78. The highest BCUT2D eigenvalue weighted by Crippen LogP contribution is 2.28. The molecular weight excluding hydrogens is 332 g/mol. The van der Waals surface area contributed by atoms with Crippen LogP contribution in [0.2, 0.25) is 0 Å². The summed E-state index contributed by atoms with van der Waals surface area (Å²) in [6.07, 6.45) is 3.98. The number of likely N-dealkylation sites (tertiary alicyclic amines) is 1. The summed E-state index contributed by atoms with van der Waals surface area (Å²) in [6.45, 7) is -3.05. The molecule has 0 spiro atoms. The molecule has 1 unspecified atom stereocenters. The van der Waals surface area contributed by atoms with E-state index in [1.165, 1.54) is 6.07 Å². The molecule has 2 heterocycles. The van der Waals surface area contributed by atoms with E-state index in [-0.39, 0.29) is 30.5 Å². The smallest absolute Gasteiger partial charge is 0.387 e.